The van der Waals surface area contributed by atoms with Crippen LogP contribution >= 0.6 is 0 Å². The summed E-state index contributed by atoms with van der Waals surface area (Å²) in [5.74, 6) is 0. The van der Waals surface area contributed by atoms with E-state index in [1.807, 2.05) is 0 Å². The topological polar surface area (TPSA) is 70.5 Å². The molecule has 0 aromatic heterocycles. The van der Waals surface area contributed by atoms with E-state index in [9.17, 15) is 0 Å². The molecular formula is C32H54N2O2Si2. The molecule has 1 aliphatic rings. The lowest BCUT2D eigenvalue weighted by Gasteiger charge is -2.57. The van der Waals surface area contributed by atoms with Crippen molar-refractivity contribution in [1.29, 1.82) is 0 Å². The Morgan fingerprint density at radius 3 is 1.13 bits per heavy atom. The Bertz CT molecular complexity index is 956. The van der Waals surface area contributed by atoms with Gasteiger partial charge in [0.1, 0.15) is 0 Å². The summed E-state index contributed by atoms with van der Waals surface area (Å²) >= 11 is 0. The van der Waals surface area contributed by atoms with E-state index in [1.54, 1.807) is 0 Å². The van der Waals surface area contributed by atoms with Gasteiger partial charge in [0.05, 0.1) is 23.3 Å². The zero-order valence-electron chi connectivity index (χ0n) is 25.7. The Kier molecular flexibility index (Phi) is 9.60. The first kappa shape index (κ1) is 31.2. The summed E-state index contributed by atoms with van der Waals surface area (Å²) in [5.41, 5.74) is 18.7. The first-order valence-corrected chi connectivity index (χ1v) is 20.1. The number of hydrogen-bond acceptors (Lipinski definition) is 4. The van der Waals surface area contributed by atoms with Crippen LogP contribution in [0, 0.1) is 0 Å². The molecule has 0 amide bonds. The second-order valence-electron chi connectivity index (χ2n) is 14.2. The fourth-order valence-electron chi connectivity index (χ4n) is 5.91. The van der Waals surface area contributed by atoms with Crippen molar-refractivity contribution in [2.75, 3.05) is 0 Å². The summed E-state index contributed by atoms with van der Waals surface area (Å²) in [6.07, 6.45) is 3.17. The van der Waals surface area contributed by atoms with E-state index in [4.69, 9.17) is 20.3 Å². The largest absolute Gasteiger partial charge is 0.412 e. The van der Waals surface area contributed by atoms with Crippen molar-refractivity contribution in [3.8, 4) is 0 Å². The van der Waals surface area contributed by atoms with Gasteiger partial charge in [-0.25, -0.2) is 0 Å². The Morgan fingerprint density at radius 1 is 0.605 bits per heavy atom. The maximum absolute atomic E-state index is 7.61. The van der Waals surface area contributed by atoms with E-state index in [0.29, 0.717) is 0 Å². The van der Waals surface area contributed by atoms with Crippen molar-refractivity contribution in [1.82, 2.24) is 0 Å². The minimum atomic E-state index is -1.44. The van der Waals surface area contributed by atoms with Crippen molar-refractivity contribution >= 4 is 18.1 Å². The third kappa shape index (κ3) is 6.70. The Morgan fingerprint density at radius 2 is 0.895 bits per heavy atom. The first-order valence-electron chi connectivity index (χ1n) is 14.6. The molecule has 1 saturated carbocycles. The highest BCUT2D eigenvalue weighted by Gasteiger charge is 2.58. The third-order valence-electron chi connectivity index (χ3n) is 8.21. The quantitative estimate of drug-likeness (QED) is 0.344. The molecule has 0 aliphatic heterocycles. The number of rotatable bonds is 8. The second kappa shape index (κ2) is 11.7. The Hall–Kier alpha value is -1.29. The van der Waals surface area contributed by atoms with Gasteiger partial charge in [-0.05, 0) is 72.1 Å². The van der Waals surface area contributed by atoms with E-state index in [1.165, 1.54) is 11.1 Å². The van der Waals surface area contributed by atoms with Crippen LogP contribution in [0.4, 0.5) is 0 Å². The van der Waals surface area contributed by atoms with Crippen LogP contribution in [0.3, 0.4) is 0 Å². The van der Waals surface area contributed by atoms with Gasteiger partial charge in [0, 0.05) is 0 Å². The van der Waals surface area contributed by atoms with Gasteiger partial charge < -0.3 is 20.3 Å². The molecule has 38 heavy (non-hydrogen) atoms. The molecule has 3 rings (SSSR count). The molecule has 212 valence electrons. The molecule has 1 aliphatic carbocycles. The summed E-state index contributed by atoms with van der Waals surface area (Å²) in [4.78, 5) is 0. The molecule has 0 heterocycles. The molecular weight excluding hydrogens is 501 g/mol. The monoisotopic (exact) mass is 554 g/mol. The van der Waals surface area contributed by atoms with Crippen LogP contribution in [0.25, 0.3) is 0 Å². The van der Waals surface area contributed by atoms with E-state index < -0.39 is 29.2 Å². The van der Waals surface area contributed by atoms with Crippen molar-refractivity contribution in [2.45, 2.75) is 128 Å². The molecule has 4 unspecified atom stereocenters. The average Bonchev–Trinajstić information content (AvgIpc) is 2.82. The Balaban J connectivity index is 2.14. The molecule has 4 N–H and O–H groups in total. The molecule has 2 aromatic carbocycles. The highest BCUT2D eigenvalue weighted by Crippen LogP contribution is 2.51. The zero-order chi connectivity index (χ0) is 28.5. The molecule has 0 radical (unpaired) electrons. The van der Waals surface area contributed by atoms with Crippen molar-refractivity contribution in [3.05, 3.63) is 70.8 Å². The third-order valence-corrected chi connectivity index (χ3v) is 9.84. The summed E-state index contributed by atoms with van der Waals surface area (Å²) in [7, 11) is -2.89. The van der Waals surface area contributed by atoms with Gasteiger partial charge in [-0.2, -0.15) is 0 Å². The summed E-state index contributed by atoms with van der Waals surface area (Å²) < 4.78 is 13.7. The van der Waals surface area contributed by atoms with E-state index in [2.05, 4.69) is 116 Å². The van der Waals surface area contributed by atoms with Crippen LogP contribution in [-0.2, 0) is 19.7 Å². The molecule has 0 saturated heterocycles. The number of nitrogens with two attached hydrogens (primary N) is 2. The van der Waals surface area contributed by atoms with Crippen LogP contribution in [0.1, 0.15) is 102 Å². The van der Waals surface area contributed by atoms with Crippen molar-refractivity contribution in [3.63, 3.8) is 0 Å². The SMILES string of the molecule is C[SiH](C)OC(c1ccc(C(C)(C)C)cc1)C1(N)CCCCC1(N)C(O[SiH](C)C)c1ccc(C(C)(C)C)cc1. The lowest BCUT2D eigenvalue weighted by molar-refractivity contribution is -0.0413. The van der Waals surface area contributed by atoms with E-state index in [-0.39, 0.29) is 23.0 Å². The second-order valence-corrected chi connectivity index (χ2v) is 18.9. The molecule has 2 aromatic rings. The van der Waals surface area contributed by atoms with Gasteiger partial charge in [-0.1, -0.05) is 103 Å². The van der Waals surface area contributed by atoms with Gasteiger partial charge in [0.25, 0.3) is 0 Å². The highest BCUT2D eigenvalue weighted by molar-refractivity contribution is 6.48. The zero-order valence-corrected chi connectivity index (χ0v) is 28.0. The van der Waals surface area contributed by atoms with Gasteiger partial charge in [0.2, 0.25) is 0 Å². The maximum Gasteiger partial charge on any atom is 0.171 e. The molecule has 6 heteroatoms. The van der Waals surface area contributed by atoms with Gasteiger partial charge >= 0.3 is 0 Å². The Labute approximate surface area is 236 Å². The van der Waals surface area contributed by atoms with Crippen LogP contribution < -0.4 is 11.5 Å². The van der Waals surface area contributed by atoms with E-state index in [0.717, 1.165) is 36.8 Å². The van der Waals surface area contributed by atoms with Crippen LogP contribution in [0.2, 0.25) is 26.2 Å². The fourth-order valence-corrected chi connectivity index (χ4v) is 7.79. The summed E-state index contributed by atoms with van der Waals surface area (Å²) in [6, 6.07) is 17.8. The number of benzene rings is 2. The van der Waals surface area contributed by atoms with Gasteiger partial charge in [-0.3, -0.25) is 0 Å². The normalized spacial score (nSPS) is 24.6. The van der Waals surface area contributed by atoms with Gasteiger partial charge in [-0.15, -0.1) is 0 Å². The van der Waals surface area contributed by atoms with Crippen molar-refractivity contribution < 1.29 is 8.85 Å². The lowest BCUT2D eigenvalue weighted by Crippen LogP contribution is -2.73. The van der Waals surface area contributed by atoms with Gasteiger partial charge in [0.15, 0.2) is 18.1 Å². The molecule has 4 atom stereocenters. The predicted octanol–water partition coefficient (Wildman–Crippen LogP) is 7.03. The predicted molar refractivity (Wildman–Crippen MR) is 168 cm³/mol. The summed E-state index contributed by atoms with van der Waals surface area (Å²) in [5, 5.41) is 0. The van der Waals surface area contributed by atoms with Crippen molar-refractivity contribution in [2.24, 2.45) is 11.5 Å². The lowest BCUT2D eigenvalue weighted by atomic mass is 9.60. The van der Waals surface area contributed by atoms with Crippen LogP contribution in [0.15, 0.2) is 48.5 Å². The van der Waals surface area contributed by atoms with E-state index >= 15 is 0 Å². The summed E-state index contributed by atoms with van der Waals surface area (Å²) in [6.45, 7) is 22.4. The smallest absolute Gasteiger partial charge is 0.171 e. The average molecular weight is 555 g/mol. The van der Waals surface area contributed by atoms with Crippen LogP contribution in [-0.4, -0.2) is 29.2 Å². The minimum absolute atomic E-state index is 0.0879. The molecule has 0 spiro atoms. The molecule has 0 bridgehead atoms. The first-order chi connectivity index (χ1) is 17.5. The molecule has 1 fully saturated rings. The minimum Gasteiger partial charge on any atom is -0.412 e. The highest BCUT2D eigenvalue weighted by atomic mass is 28.3. The van der Waals surface area contributed by atoms with Crippen LogP contribution in [0.5, 0.6) is 0 Å². The standard InChI is InChI=1S/C32H54N2O2Si2/c1-29(2,3)25-17-13-23(14-18-25)27(35-37(7)8)31(33)21-11-12-22-32(31,34)28(36-38(9)10)24-15-19-26(20-16-24)30(4,5)6/h13-20,27-28,37-38H,11-12,21-22,33-34H2,1-10H3. The number of hydrogen-bond donors (Lipinski definition) is 2. The molecule has 4 nitrogen and oxygen atoms in total. The fraction of sp³-hybridized carbons (Fsp3) is 0.625. The maximum atomic E-state index is 7.61.